The summed E-state index contributed by atoms with van der Waals surface area (Å²) in [6.45, 7) is 0.640. The molecule has 2 amide bonds. The number of hydrogen-bond acceptors (Lipinski definition) is 2. The molecule has 6 heteroatoms. The molecule has 1 aromatic heterocycles. The number of amides is 2. The van der Waals surface area contributed by atoms with Crippen LogP contribution in [0.3, 0.4) is 0 Å². The zero-order chi connectivity index (χ0) is 14.8. The summed E-state index contributed by atoms with van der Waals surface area (Å²) >= 11 is 13.5. The van der Waals surface area contributed by atoms with E-state index in [0.29, 0.717) is 28.3 Å². The van der Waals surface area contributed by atoms with Crippen LogP contribution in [0, 0.1) is 0 Å². The monoisotopic (exact) mass is 340 g/mol. The van der Waals surface area contributed by atoms with Gasteiger partial charge in [0, 0.05) is 18.3 Å². The van der Waals surface area contributed by atoms with Crippen LogP contribution in [-0.4, -0.2) is 17.0 Å². The van der Waals surface area contributed by atoms with Crippen molar-refractivity contribution in [2.24, 2.45) is 0 Å². The number of halogens is 2. The summed E-state index contributed by atoms with van der Waals surface area (Å²) in [5, 5.41) is 7.90. The van der Waals surface area contributed by atoms with Gasteiger partial charge in [-0.05, 0) is 53.4 Å². The number of rotatable bonds is 4. The van der Waals surface area contributed by atoms with Crippen molar-refractivity contribution in [3.8, 4) is 0 Å². The molecule has 1 aliphatic carbocycles. The van der Waals surface area contributed by atoms with Crippen molar-refractivity contribution in [1.82, 2.24) is 4.90 Å². The summed E-state index contributed by atoms with van der Waals surface area (Å²) in [6.07, 6.45) is 2.14. The van der Waals surface area contributed by atoms with E-state index in [0.717, 1.165) is 18.4 Å². The van der Waals surface area contributed by atoms with Crippen molar-refractivity contribution >= 4 is 46.3 Å². The second kappa shape index (κ2) is 6.26. The third-order valence-electron chi connectivity index (χ3n) is 3.35. The molecule has 0 radical (unpaired) electrons. The van der Waals surface area contributed by atoms with E-state index >= 15 is 0 Å². The van der Waals surface area contributed by atoms with E-state index in [1.54, 1.807) is 29.5 Å². The van der Waals surface area contributed by atoms with Crippen LogP contribution in [0.25, 0.3) is 0 Å². The minimum Gasteiger partial charge on any atom is -0.317 e. The molecule has 0 spiro atoms. The fraction of sp³-hybridized carbons (Fsp3) is 0.267. The summed E-state index contributed by atoms with van der Waals surface area (Å²) in [7, 11) is 0. The Bertz CT molecular complexity index is 641. The third-order valence-corrected chi connectivity index (χ3v) is 4.82. The molecule has 0 bridgehead atoms. The first kappa shape index (κ1) is 14.7. The van der Waals surface area contributed by atoms with Gasteiger partial charge in [-0.1, -0.05) is 23.2 Å². The normalized spacial score (nSPS) is 14.0. The van der Waals surface area contributed by atoms with Crippen molar-refractivity contribution in [1.29, 1.82) is 0 Å². The lowest BCUT2D eigenvalue weighted by Gasteiger charge is -2.22. The first-order valence-corrected chi connectivity index (χ1v) is 8.37. The molecule has 110 valence electrons. The average Bonchev–Trinajstić information content (AvgIpc) is 3.16. The second-order valence-electron chi connectivity index (χ2n) is 5.05. The predicted octanol–water partition coefficient (Wildman–Crippen LogP) is 5.25. The first-order valence-electron chi connectivity index (χ1n) is 6.67. The summed E-state index contributed by atoms with van der Waals surface area (Å²) in [5.41, 5.74) is 1.82. The maximum atomic E-state index is 12.5. The molecular weight excluding hydrogens is 327 g/mol. The number of urea groups is 1. The molecular formula is C15H14Cl2N2OS. The number of carbonyl (C=O) groups is 1. The molecule has 0 unspecified atom stereocenters. The van der Waals surface area contributed by atoms with Gasteiger partial charge in [0.1, 0.15) is 0 Å². The Balaban J connectivity index is 1.70. The molecule has 21 heavy (non-hydrogen) atoms. The van der Waals surface area contributed by atoms with Gasteiger partial charge in [0.15, 0.2) is 0 Å². The summed E-state index contributed by atoms with van der Waals surface area (Å²) in [4.78, 5) is 14.3. The van der Waals surface area contributed by atoms with Crippen LogP contribution >= 0.6 is 34.5 Å². The lowest BCUT2D eigenvalue weighted by molar-refractivity contribution is 0.206. The van der Waals surface area contributed by atoms with Crippen LogP contribution in [0.5, 0.6) is 0 Å². The van der Waals surface area contributed by atoms with Crippen LogP contribution in [0.1, 0.15) is 18.4 Å². The van der Waals surface area contributed by atoms with Gasteiger partial charge in [-0.15, -0.1) is 0 Å². The summed E-state index contributed by atoms with van der Waals surface area (Å²) < 4.78 is 0. The maximum absolute atomic E-state index is 12.5. The maximum Gasteiger partial charge on any atom is 0.322 e. The highest BCUT2D eigenvalue weighted by Crippen LogP contribution is 2.30. The van der Waals surface area contributed by atoms with Gasteiger partial charge in [-0.3, -0.25) is 0 Å². The number of benzene rings is 1. The van der Waals surface area contributed by atoms with Crippen molar-refractivity contribution < 1.29 is 4.79 Å². The fourth-order valence-electron chi connectivity index (χ4n) is 2.10. The molecule has 1 heterocycles. The smallest absolute Gasteiger partial charge is 0.317 e. The molecule has 2 aromatic rings. The average molecular weight is 341 g/mol. The van der Waals surface area contributed by atoms with Gasteiger partial charge in [-0.25, -0.2) is 4.79 Å². The van der Waals surface area contributed by atoms with Crippen molar-refractivity contribution in [2.75, 3.05) is 5.32 Å². The molecule has 1 aromatic carbocycles. The number of hydrogen-bond donors (Lipinski definition) is 1. The first-order chi connectivity index (χ1) is 10.1. The van der Waals surface area contributed by atoms with E-state index in [9.17, 15) is 4.79 Å². The number of carbonyl (C=O) groups excluding carboxylic acids is 1. The van der Waals surface area contributed by atoms with E-state index in [1.165, 1.54) is 0 Å². The summed E-state index contributed by atoms with van der Waals surface area (Å²) in [6, 6.07) is 7.39. The van der Waals surface area contributed by atoms with Crippen molar-refractivity contribution in [3.63, 3.8) is 0 Å². The second-order valence-corrected chi connectivity index (χ2v) is 6.64. The Labute approximate surface area is 137 Å². The molecule has 3 nitrogen and oxygen atoms in total. The molecule has 3 rings (SSSR count). The van der Waals surface area contributed by atoms with Crippen LogP contribution in [0.2, 0.25) is 10.0 Å². The number of thiophene rings is 1. The van der Waals surface area contributed by atoms with Gasteiger partial charge >= 0.3 is 6.03 Å². The number of nitrogens with one attached hydrogen (secondary N) is 1. The minimum absolute atomic E-state index is 0.0953. The standard InChI is InChI=1S/C15H14Cl2N2OS/c16-13-4-1-11(7-14(13)17)18-15(20)19(12-2-3-12)8-10-5-6-21-9-10/h1,4-7,9,12H,2-3,8H2,(H,18,20). The van der Waals surface area contributed by atoms with E-state index in [-0.39, 0.29) is 6.03 Å². The van der Waals surface area contributed by atoms with Gasteiger partial charge in [0.2, 0.25) is 0 Å². The van der Waals surface area contributed by atoms with Gasteiger partial charge in [-0.2, -0.15) is 11.3 Å². The van der Waals surface area contributed by atoms with Crippen LogP contribution < -0.4 is 5.32 Å². The predicted molar refractivity (Wildman–Crippen MR) is 88.4 cm³/mol. The number of anilines is 1. The molecule has 0 aliphatic heterocycles. The van der Waals surface area contributed by atoms with Gasteiger partial charge in [0.25, 0.3) is 0 Å². The Morgan fingerprint density at radius 2 is 2.10 bits per heavy atom. The van der Waals surface area contributed by atoms with E-state index in [2.05, 4.69) is 10.7 Å². The van der Waals surface area contributed by atoms with Crippen LogP contribution in [-0.2, 0) is 6.54 Å². The third kappa shape index (κ3) is 3.70. The molecule has 1 N–H and O–H groups in total. The molecule has 0 saturated heterocycles. The minimum atomic E-state index is -0.0953. The van der Waals surface area contributed by atoms with Gasteiger partial charge < -0.3 is 10.2 Å². The largest absolute Gasteiger partial charge is 0.322 e. The summed E-state index contributed by atoms with van der Waals surface area (Å²) in [5.74, 6) is 0. The Morgan fingerprint density at radius 3 is 2.71 bits per heavy atom. The highest BCUT2D eigenvalue weighted by Gasteiger charge is 2.32. The number of nitrogens with zero attached hydrogens (tertiary/aromatic N) is 1. The lowest BCUT2D eigenvalue weighted by Crippen LogP contribution is -2.36. The fourth-order valence-corrected chi connectivity index (χ4v) is 3.06. The van der Waals surface area contributed by atoms with E-state index in [4.69, 9.17) is 23.2 Å². The molecule has 0 atom stereocenters. The molecule has 1 fully saturated rings. The topological polar surface area (TPSA) is 32.3 Å². The highest BCUT2D eigenvalue weighted by atomic mass is 35.5. The molecule has 1 aliphatic rings. The van der Waals surface area contributed by atoms with Crippen molar-refractivity contribution in [3.05, 3.63) is 50.6 Å². The Kier molecular flexibility index (Phi) is 4.38. The van der Waals surface area contributed by atoms with Gasteiger partial charge in [0.05, 0.1) is 10.0 Å². The van der Waals surface area contributed by atoms with E-state index in [1.807, 2.05) is 16.3 Å². The zero-order valence-electron chi connectivity index (χ0n) is 11.2. The van der Waals surface area contributed by atoms with Crippen molar-refractivity contribution in [2.45, 2.75) is 25.4 Å². The SMILES string of the molecule is O=C(Nc1ccc(Cl)c(Cl)c1)N(Cc1ccsc1)C1CC1. The van der Waals surface area contributed by atoms with Crippen LogP contribution in [0.4, 0.5) is 10.5 Å². The quantitative estimate of drug-likeness (QED) is 0.809. The molecule has 1 saturated carbocycles. The Hall–Kier alpha value is -1.23. The highest BCUT2D eigenvalue weighted by molar-refractivity contribution is 7.07. The Morgan fingerprint density at radius 1 is 1.29 bits per heavy atom. The zero-order valence-corrected chi connectivity index (χ0v) is 13.5. The van der Waals surface area contributed by atoms with Crippen LogP contribution in [0.15, 0.2) is 35.0 Å². The lowest BCUT2D eigenvalue weighted by atomic mass is 10.3. The van der Waals surface area contributed by atoms with E-state index < -0.39 is 0 Å².